The molecule has 8 heteroatoms. The Morgan fingerprint density at radius 2 is 1.85 bits per heavy atom. The Hall–Kier alpha value is -2.84. The molecule has 0 radical (unpaired) electrons. The normalized spacial score (nSPS) is 14.8. The van der Waals surface area contributed by atoms with E-state index in [4.69, 9.17) is 4.74 Å². The van der Waals surface area contributed by atoms with Crippen LogP contribution in [-0.2, 0) is 17.8 Å². The predicted molar refractivity (Wildman–Crippen MR) is 131 cm³/mol. The number of aromatic nitrogens is 3. The maximum Gasteiger partial charge on any atom is 0.230 e. The summed E-state index contributed by atoms with van der Waals surface area (Å²) < 4.78 is 7.44. The van der Waals surface area contributed by atoms with Gasteiger partial charge in [0.2, 0.25) is 5.91 Å². The van der Waals surface area contributed by atoms with Crippen molar-refractivity contribution >= 4 is 17.7 Å². The zero-order chi connectivity index (χ0) is 23.0. The molecular weight excluding hydrogens is 434 g/mol. The van der Waals surface area contributed by atoms with Crippen molar-refractivity contribution in [1.82, 2.24) is 25.0 Å². The number of piperidine rings is 1. The first-order valence-corrected chi connectivity index (χ1v) is 12.4. The number of nitrogens with one attached hydrogen (secondary N) is 1. The van der Waals surface area contributed by atoms with Gasteiger partial charge in [0.05, 0.1) is 18.6 Å². The van der Waals surface area contributed by atoms with Crippen LogP contribution >= 0.6 is 11.8 Å². The van der Waals surface area contributed by atoms with Gasteiger partial charge in [0.25, 0.3) is 0 Å². The van der Waals surface area contributed by atoms with Crippen molar-refractivity contribution < 1.29 is 9.53 Å². The summed E-state index contributed by atoms with van der Waals surface area (Å²) in [5.41, 5.74) is 3.49. The number of likely N-dealkylation sites (tertiary alicyclic amines) is 1. The number of aryl methyl sites for hydroxylation is 1. The molecule has 1 amide bonds. The molecule has 1 aliphatic rings. The highest BCUT2D eigenvalue weighted by Gasteiger charge is 2.22. The molecule has 1 aromatic heterocycles. The number of rotatable bonds is 9. The minimum Gasteiger partial charge on any atom is -0.496 e. The lowest BCUT2D eigenvalue weighted by atomic mass is 10.0. The Morgan fingerprint density at radius 3 is 2.61 bits per heavy atom. The Morgan fingerprint density at radius 1 is 1.12 bits per heavy atom. The lowest BCUT2D eigenvalue weighted by molar-refractivity contribution is -0.119. The number of thioether (sulfide) groups is 1. The topological polar surface area (TPSA) is 72.3 Å². The molecule has 0 atom stereocenters. The number of carbonyl (C=O) groups excluding carboxylic acids is 1. The van der Waals surface area contributed by atoms with Crippen LogP contribution in [0.1, 0.15) is 30.9 Å². The highest BCUT2D eigenvalue weighted by molar-refractivity contribution is 7.99. The number of hydrogen-bond donors (Lipinski definition) is 1. The minimum atomic E-state index is 0.0431. The first-order valence-electron chi connectivity index (χ1n) is 11.4. The van der Waals surface area contributed by atoms with E-state index in [-0.39, 0.29) is 11.9 Å². The van der Waals surface area contributed by atoms with E-state index >= 15 is 0 Å². The number of ether oxygens (including phenoxy) is 1. The van der Waals surface area contributed by atoms with Gasteiger partial charge in [-0.1, -0.05) is 55.1 Å². The molecule has 1 saturated heterocycles. The standard InChI is InChI=1S/C25H31N5O2S/c1-3-19-8-4-6-10-22(19)30-18-26-28-25(30)33-17-24(31)27-21-12-14-29(15-13-21)16-20-9-5-7-11-23(20)32-2/h4-11,18,21H,3,12-17H2,1-2H3,(H,27,31). The van der Waals surface area contributed by atoms with Gasteiger partial charge in [-0.25, -0.2) is 0 Å². The van der Waals surface area contributed by atoms with Crippen molar-refractivity contribution in [2.75, 3.05) is 26.0 Å². The Balaban J connectivity index is 1.25. The van der Waals surface area contributed by atoms with E-state index in [1.807, 2.05) is 34.9 Å². The summed E-state index contributed by atoms with van der Waals surface area (Å²) in [5, 5.41) is 12.2. The second-order valence-corrected chi connectivity index (χ2v) is 9.13. The monoisotopic (exact) mass is 465 g/mol. The average molecular weight is 466 g/mol. The summed E-state index contributed by atoms with van der Waals surface area (Å²) in [7, 11) is 1.71. The molecule has 0 unspecified atom stereocenters. The van der Waals surface area contributed by atoms with E-state index in [1.165, 1.54) is 22.9 Å². The summed E-state index contributed by atoms with van der Waals surface area (Å²) in [6.45, 7) is 4.91. The van der Waals surface area contributed by atoms with Crippen LogP contribution in [0.3, 0.4) is 0 Å². The van der Waals surface area contributed by atoms with E-state index in [9.17, 15) is 4.79 Å². The quantitative estimate of drug-likeness (QED) is 0.486. The van der Waals surface area contributed by atoms with E-state index in [0.29, 0.717) is 5.75 Å². The van der Waals surface area contributed by atoms with Crippen LogP contribution in [0.25, 0.3) is 5.69 Å². The molecular formula is C25H31N5O2S. The van der Waals surface area contributed by atoms with Crippen LogP contribution in [0.4, 0.5) is 0 Å². The third-order valence-electron chi connectivity index (χ3n) is 6.02. The van der Waals surface area contributed by atoms with Crippen LogP contribution in [-0.4, -0.2) is 57.6 Å². The third-order valence-corrected chi connectivity index (χ3v) is 6.96. The molecule has 33 heavy (non-hydrogen) atoms. The lowest BCUT2D eigenvalue weighted by Gasteiger charge is -2.32. The Bertz CT molecular complexity index is 1060. The zero-order valence-corrected chi connectivity index (χ0v) is 20.1. The number of methoxy groups -OCH3 is 1. The van der Waals surface area contributed by atoms with Gasteiger partial charge in [-0.05, 0) is 37.0 Å². The van der Waals surface area contributed by atoms with E-state index in [0.717, 1.165) is 55.5 Å². The molecule has 2 aromatic carbocycles. The van der Waals surface area contributed by atoms with Crippen molar-refractivity contribution in [2.45, 2.75) is 43.9 Å². The second-order valence-electron chi connectivity index (χ2n) is 8.18. The molecule has 3 aromatic rings. The van der Waals surface area contributed by atoms with Crippen molar-refractivity contribution in [3.63, 3.8) is 0 Å². The average Bonchev–Trinajstić information content (AvgIpc) is 3.33. The van der Waals surface area contributed by atoms with Gasteiger partial charge in [-0.3, -0.25) is 14.3 Å². The number of amides is 1. The fraction of sp³-hybridized carbons (Fsp3) is 0.400. The predicted octanol–water partition coefficient (Wildman–Crippen LogP) is 3.71. The third kappa shape index (κ3) is 5.94. The number of hydrogen-bond acceptors (Lipinski definition) is 6. The van der Waals surface area contributed by atoms with Crippen LogP contribution in [0.5, 0.6) is 5.75 Å². The molecule has 1 aliphatic heterocycles. The molecule has 0 spiro atoms. The van der Waals surface area contributed by atoms with E-state index in [2.05, 4.69) is 45.5 Å². The SMILES string of the molecule is CCc1ccccc1-n1cnnc1SCC(=O)NC1CCN(Cc2ccccc2OC)CC1. The van der Waals surface area contributed by atoms with Crippen LogP contribution < -0.4 is 10.1 Å². The number of carbonyl (C=O) groups is 1. The summed E-state index contributed by atoms with van der Waals surface area (Å²) in [4.78, 5) is 15.0. The van der Waals surface area contributed by atoms with Crippen molar-refractivity contribution in [2.24, 2.45) is 0 Å². The highest BCUT2D eigenvalue weighted by atomic mass is 32.2. The van der Waals surface area contributed by atoms with Gasteiger partial charge in [0, 0.05) is 31.2 Å². The van der Waals surface area contributed by atoms with E-state index < -0.39 is 0 Å². The van der Waals surface area contributed by atoms with Crippen LogP contribution in [0.2, 0.25) is 0 Å². The summed E-state index contributed by atoms with van der Waals surface area (Å²) in [6.07, 6.45) is 4.54. The maximum absolute atomic E-state index is 12.6. The number of para-hydroxylation sites is 2. The number of benzene rings is 2. The first-order chi connectivity index (χ1) is 16.2. The molecule has 4 rings (SSSR count). The zero-order valence-electron chi connectivity index (χ0n) is 19.2. The Labute approximate surface area is 199 Å². The fourth-order valence-corrected chi connectivity index (χ4v) is 4.98. The summed E-state index contributed by atoms with van der Waals surface area (Å²) in [6, 6.07) is 16.6. The summed E-state index contributed by atoms with van der Waals surface area (Å²) >= 11 is 1.42. The smallest absolute Gasteiger partial charge is 0.230 e. The molecule has 7 nitrogen and oxygen atoms in total. The van der Waals surface area contributed by atoms with Gasteiger partial charge < -0.3 is 10.1 Å². The molecule has 0 aliphatic carbocycles. The minimum absolute atomic E-state index is 0.0431. The molecule has 2 heterocycles. The Kier molecular flexibility index (Phi) is 8.01. The van der Waals surface area contributed by atoms with Gasteiger partial charge in [0.1, 0.15) is 12.1 Å². The first kappa shape index (κ1) is 23.3. The molecule has 1 N–H and O–H groups in total. The molecule has 0 bridgehead atoms. The number of nitrogens with zero attached hydrogens (tertiary/aromatic N) is 4. The lowest BCUT2D eigenvalue weighted by Crippen LogP contribution is -2.44. The van der Waals surface area contributed by atoms with Crippen molar-refractivity contribution in [3.8, 4) is 11.4 Å². The highest BCUT2D eigenvalue weighted by Crippen LogP contribution is 2.23. The van der Waals surface area contributed by atoms with E-state index in [1.54, 1.807) is 13.4 Å². The van der Waals surface area contributed by atoms with Gasteiger partial charge in [-0.15, -0.1) is 10.2 Å². The fourth-order valence-electron chi connectivity index (χ4n) is 4.24. The van der Waals surface area contributed by atoms with Gasteiger partial charge in [0.15, 0.2) is 5.16 Å². The van der Waals surface area contributed by atoms with Crippen LogP contribution in [0.15, 0.2) is 60.0 Å². The summed E-state index contributed by atoms with van der Waals surface area (Å²) in [5.74, 6) is 1.30. The molecule has 1 fully saturated rings. The van der Waals surface area contributed by atoms with Gasteiger partial charge in [-0.2, -0.15) is 0 Å². The van der Waals surface area contributed by atoms with Crippen molar-refractivity contribution in [3.05, 3.63) is 66.0 Å². The maximum atomic E-state index is 12.6. The molecule has 174 valence electrons. The second kappa shape index (κ2) is 11.3. The largest absolute Gasteiger partial charge is 0.496 e. The van der Waals surface area contributed by atoms with Crippen LogP contribution in [0, 0.1) is 0 Å². The molecule has 0 saturated carbocycles. The van der Waals surface area contributed by atoms with Crippen molar-refractivity contribution in [1.29, 1.82) is 0 Å². The van der Waals surface area contributed by atoms with Gasteiger partial charge >= 0.3 is 0 Å².